The minimum atomic E-state index is -0.0941. The highest BCUT2D eigenvalue weighted by molar-refractivity contribution is 5.94. The Kier molecular flexibility index (Phi) is 6.49. The Morgan fingerprint density at radius 2 is 1.96 bits per heavy atom. The fourth-order valence-electron chi connectivity index (χ4n) is 2.60. The summed E-state index contributed by atoms with van der Waals surface area (Å²) < 4.78 is 1.91. The molecule has 1 heterocycles. The minimum Gasteiger partial charge on any atom is -0.345 e. The van der Waals surface area contributed by atoms with Crippen molar-refractivity contribution >= 4 is 5.91 Å². The third kappa shape index (κ3) is 4.64. The van der Waals surface area contributed by atoms with Crippen molar-refractivity contribution in [3.05, 3.63) is 47.5 Å². The van der Waals surface area contributed by atoms with Crippen LogP contribution in [0.1, 0.15) is 49.4 Å². The molecule has 1 aromatic carbocycles. The third-order valence-electron chi connectivity index (χ3n) is 4.18. The van der Waals surface area contributed by atoms with Crippen molar-refractivity contribution in [3.8, 4) is 0 Å². The number of amides is 1. The predicted octanol–water partition coefficient (Wildman–Crippen LogP) is 2.46. The summed E-state index contributed by atoms with van der Waals surface area (Å²) in [5, 5.41) is 10.8. The average molecular weight is 329 g/mol. The van der Waals surface area contributed by atoms with Crippen molar-refractivity contribution in [2.24, 2.45) is 0 Å². The first-order valence-electron chi connectivity index (χ1n) is 8.53. The van der Waals surface area contributed by atoms with Crippen LogP contribution >= 0.6 is 0 Å². The quantitative estimate of drug-likeness (QED) is 0.808. The van der Waals surface area contributed by atoms with E-state index in [1.807, 2.05) is 35.8 Å². The number of rotatable bonds is 8. The molecule has 0 unspecified atom stereocenters. The molecule has 2 rings (SSSR count). The number of hydrogen-bond acceptors (Lipinski definition) is 4. The number of hydrogen-bond donors (Lipinski definition) is 1. The van der Waals surface area contributed by atoms with Crippen LogP contribution in [0, 0.1) is 0 Å². The van der Waals surface area contributed by atoms with Crippen LogP contribution in [-0.2, 0) is 19.6 Å². The molecule has 1 amide bonds. The molecule has 0 radical (unpaired) electrons. The number of aromatic nitrogens is 3. The van der Waals surface area contributed by atoms with Gasteiger partial charge in [-0.3, -0.25) is 9.69 Å². The maximum atomic E-state index is 12.3. The monoisotopic (exact) mass is 329 g/mol. The highest BCUT2D eigenvalue weighted by atomic mass is 16.1. The molecule has 0 aliphatic heterocycles. The molecule has 6 nitrogen and oxygen atoms in total. The first-order chi connectivity index (χ1) is 11.5. The summed E-state index contributed by atoms with van der Waals surface area (Å²) in [6, 6.07) is 8.31. The van der Waals surface area contributed by atoms with E-state index in [9.17, 15) is 4.79 Å². The van der Waals surface area contributed by atoms with Gasteiger partial charge >= 0.3 is 0 Å². The van der Waals surface area contributed by atoms with E-state index in [1.54, 1.807) is 6.33 Å². The highest BCUT2D eigenvalue weighted by Gasteiger charge is 2.10. The molecule has 0 saturated carbocycles. The zero-order valence-electron chi connectivity index (χ0n) is 15.0. The predicted molar refractivity (Wildman–Crippen MR) is 94.5 cm³/mol. The lowest BCUT2D eigenvalue weighted by Gasteiger charge is -2.24. The number of benzene rings is 1. The lowest BCUT2D eigenvalue weighted by molar-refractivity contribution is 0.0949. The molecular formula is C18H27N5O. The van der Waals surface area contributed by atoms with E-state index in [4.69, 9.17) is 0 Å². The SMILES string of the molecule is CCN(Cc1ccc(C(=O)NCc2nncn2CC)cc1)C(C)C. The Hall–Kier alpha value is -2.21. The molecule has 0 bridgehead atoms. The van der Waals surface area contributed by atoms with Crippen molar-refractivity contribution in [3.63, 3.8) is 0 Å². The van der Waals surface area contributed by atoms with Gasteiger partial charge in [-0.2, -0.15) is 0 Å². The molecule has 0 spiro atoms. The maximum Gasteiger partial charge on any atom is 0.251 e. The molecule has 6 heteroatoms. The van der Waals surface area contributed by atoms with E-state index in [1.165, 1.54) is 5.56 Å². The molecule has 1 N–H and O–H groups in total. The van der Waals surface area contributed by atoms with Gasteiger partial charge in [0.1, 0.15) is 6.33 Å². The van der Waals surface area contributed by atoms with E-state index >= 15 is 0 Å². The zero-order valence-corrected chi connectivity index (χ0v) is 15.0. The van der Waals surface area contributed by atoms with Crippen LogP contribution < -0.4 is 5.32 Å². The molecule has 0 aliphatic carbocycles. The Bertz CT molecular complexity index is 648. The summed E-state index contributed by atoms with van der Waals surface area (Å²) in [7, 11) is 0. The van der Waals surface area contributed by atoms with Gasteiger partial charge in [-0.15, -0.1) is 10.2 Å². The summed E-state index contributed by atoms with van der Waals surface area (Å²) >= 11 is 0. The topological polar surface area (TPSA) is 63.1 Å². The van der Waals surface area contributed by atoms with Crippen LogP contribution in [-0.4, -0.2) is 38.2 Å². The van der Waals surface area contributed by atoms with Crippen molar-refractivity contribution in [2.75, 3.05) is 6.54 Å². The van der Waals surface area contributed by atoms with Crippen LogP contribution in [0.3, 0.4) is 0 Å². The molecule has 1 aromatic heterocycles. The van der Waals surface area contributed by atoms with E-state index in [-0.39, 0.29) is 5.91 Å². The van der Waals surface area contributed by atoms with Crippen LogP contribution in [0.5, 0.6) is 0 Å². The van der Waals surface area contributed by atoms with Crippen LogP contribution in [0.15, 0.2) is 30.6 Å². The standard InChI is InChI=1S/C18H27N5O/c1-5-22(14(3)4)12-15-7-9-16(10-8-15)18(24)19-11-17-21-20-13-23(17)6-2/h7-10,13-14H,5-6,11-12H2,1-4H3,(H,19,24). The normalized spacial score (nSPS) is 11.2. The van der Waals surface area contributed by atoms with Gasteiger partial charge in [0.2, 0.25) is 0 Å². The van der Waals surface area contributed by atoms with E-state index in [2.05, 4.69) is 41.2 Å². The Balaban J connectivity index is 1.93. The number of carbonyl (C=O) groups is 1. The highest BCUT2D eigenvalue weighted by Crippen LogP contribution is 2.10. The third-order valence-corrected chi connectivity index (χ3v) is 4.18. The van der Waals surface area contributed by atoms with E-state index < -0.39 is 0 Å². The molecule has 130 valence electrons. The fourth-order valence-corrected chi connectivity index (χ4v) is 2.60. The smallest absolute Gasteiger partial charge is 0.251 e. The van der Waals surface area contributed by atoms with Gasteiger partial charge in [0.25, 0.3) is 5.91 Å². The largest absolute Gasteiger partial charge is 0.345 e. The second-order valence-corrected chi connectivity index (χ2v) is 6.07. The summed E-state index contributed by atoms with van der Waals surface area (Å²) in [6.07, 6.45) is 1.67. The van der Waals surface area contributed by atoms with Gasteiger partial charge in [0.15, 0.2) is 5.82 Å². The van der Waals surface area contributed by atoms with Crippen molar-refractivity contribution in [1.29, 1.82) is 0 Å². The van der Waals surface area contributed by atoms with Crippen LogP contribution in [0.4, 0.5) is 0 Å². The molecule has 0 aliphatic rings. The molecule has 0 fully saturated rings. The molecule has 2 aromatic rings. The van der Waals surface area contributed by atoms with Gasteiger partial charge in [-0.05, 0) is 45.0 Å². The van der Waals surface area contributed by atoms with E-state index in [0.717, 1.165) is 25.5 Å². The summed E-state index contributed by atoms with van der Waals surface area (Å²) in [5.41, 5.74) is 1.88. The number of nitrogens with one attached hydrogen (secondary N) is 1. The van der Waals surface area contributed by atoms with Gasteiger partial charge in [-0.1, -0.05) is 19.1 Å². The number of carbonyl (C=O) groups excluding carboxylic acids is 1. The molecule has 24 heavy (non-hydrogen) atoms. The van der Waals surface area contributed by atoms with Gasteiger partial charge in [-0.25, -0.2) is 0 Å². The lowest BCUT2D eigenvalue weighted by Crippen LogP contribution is -2.30. The van der Waals surface area contributed by atoms with Crippen LogP contribution in [0.2, 0.25) is 0 Å². The first kappa shape index (κ1) is 18.1. The van der Waals surface area contributed by atoms with Crippen molar-refractivity contribution < 1.29 is 4.79 Å². The number of aryl methyl sites for hydroxylation is 1. The van der Waals surface area contributed by atoms with E-state index in [0.29, 0.717) is 18.2 Å². The molecular weight excluding hydrogens is 302 g/mol. The molecule has 0 saturated heterocycles. The van der Waals surface area contributed by atoms with Crippen molar-refractivity contribution in [1.82, 2.24) is 25.0 Å². The molecule has 0 atom stereocenters. The van der Waals surface area contributed by atoms with Crippen LogP contribution in [0.25, 0.3) is 0 Å². The number of nitrogens with zero attached hydrogens (tertiary/aromatic N) is 4. The Morgan fingerprint density at radius 1 is 1.25 bits per heavy atom. The average Bonchev–Trinajstić information content (AvgIpc) is 3.05. The lowest BCUT2D eigenvalue weighted by atomic mass is 10.1. The Labute approximate surface area is 143 Å². The van der Waals surface area contributed by atoms with Crippen molar-refractivity contribution in [2.45, 2.75) is 53.4 Å². The fraction of sp³-hybridized carbons (Fsp3) is 0.500. The zero-order chi connectivity index (χ0) is 17.5. The van der Waals surface area contributed by atoms with Gasteiger partial charge < -0.3 is 9.88 Å². The second-order valence-electron chi connectivity index (χ2n) is 6.07. The van der Waals surface area contributed by atoms with Gasteiger partial charge in [0, 0.05) is 24.7 Å². The second kappa shape index (κ2) is 8.59. The Morgan fingerprint density at radius 3 is 2.54 bits per heavy atom. The minimum absolute atomic E-state index is 0.0941. The first-order valence-corrected chi connectivity index (χ1v) is 8.53. The maximum absolute atomic E-state index is 12.3. The van der Waals surface area contributed by atoms with Gasteiger partial charge in [0.05, 0.1) is 6.54 Å². The summed E-state index contributed by atoms with van der Waals surface area (Å²) in [5.74, 6) is 0.668. The summed E-state index contributed by atoms with van der Waals surface area (Å²) in [6.45, 7) is 11.7. The summed E-state index contributed by atoms with van der Waals surface area (Å²) in [4.78, 5) is 14.6.